The molecule has 1 aromatic carbocycles. The summed E-state index contributed by atoms with van der Waals surface area (Å²) in [6.07, 6.45) is 7.29. The Kier molecular flexibility index (Phi) is 5.57. The van der Waals surface area contributed by atoms with Gasteiger partial charge in [-0.15, -0.1) is 0 Å². The van der Waals surface area contributed by atoms with Crippen molar-refractivity contribution in [1.82, 2.24) is 0 Å². The topological polar surface area (TPSA) is 127 Å². The predicted molar refractivity (Wildman–Crippen MR) is 129 cm³/mol. The average Bonchev–Trinajstić information content (AvgIpc) is 3.09. The fraction of sp³-hybridized carbons (Fsp3) is 0.536. The van der Waals surface area contributed by atoms with Crippen LogP contribution in [-0.4, -0.2) is 46.1 Å². The molecule has 0 unspecified atom stereocenters. The van der Waals surface area contributed by atoms with Gasteiger partial charge in [0.1, 0.15) is 5.60 Å². The van der Waals surface area contributed by atoms with Gasteiger partial charge in [-0.2, -0.15) is 0 Å². The summed E-state index contributed by atoms with van der Waals surface area (Å²) >= 11 is 0. The van der Waals surface area contributed by atoms with Gasteiger partial charge in [-0.05, 0) is 80.4 Å². The van der Waals surface area contributed by atoms with Crippen LogP contribution in [0.25, 0.3) is 0 Å². The molecule has 0 saturated heterocycles. The lowest BCUT2D eigenvalue weighted by Crippen LogP contribution is -2.61. The monoisotopic (exact) mass is 479 g/mol. The lowest BCUT2D eigenvalue weighted by Gasteiger charge is -2.59. The van der Waals surface area contributed by atoms with Crippen LogP contribution in [0.4, 0.5) is 5.69 Å². The highest BCUT2D eigenvalue weighted by molar-refractivity contribution is 6.01. The Balaban J connectivity index is 1.36. The molecule has 0 aromatic heterocycles. The van der Waals surface area contributed by atoms with Gasteiger partial charge >= 0.3 is 5.97 Å². The van der Waals surface area contributed by atoms with Crippen LogP contribution in [-0.2, 0) is 14.3 Å². The minimum atomic E-state index is -1.68. The highest BCUT2D eigenvalue weighted by Gasteiger charge is 2.68. The Morgan fingerprint density at radius 2 is 1.89 bits per heavy atom. The zero-order valence-corrected chi connectivity index (χ0v) is 20.2. The first kappa shape index (κ1) is 23.9. The third kappa shape index (κ3) is 3.51. The van der Waals surface area contributed by atoms with Gasteiger partial charge < -0.3 is 20.7 Å². The summed E-state index contributed by atoms with van der Waals surface area (Å²) in [6.45, 7) is 3.47. The largest absolute Gasteiger partial charge is 0.454 e. The molecular weight excluding hydrogens is 446 g/mol. The lowest BCUT2D eigenvalue weighted by molar-refractivity contribution is -0.178. The Labute approximate surface area is 205 Å². The Morgan fingerprint density at radius 1 is 1.17 bits per heavy atom. The van der Waals surface area contributed by atoms with E-state index in [0.717, 1.165) is 18.4 Å². The van der Waals surface area contributed by atoms with Crippen molar-refractivity contribution in [2.75, 3.05) is 12.3 Å². The first-order valence-electron chi connectivity index (χ1n) is 12.4. The summed E-state index contributed by atoms with van der Waals surface area (Å²) in [7, 11) is 0. The molecule has 0 amide bonds. The number of fused-ring (bicyclic) bond motifs is 5. The summed E-state index contributed by atoms with van der Waals surface area (Å²) in [4.78, 5) is 37.7. The molecule has 0 aliphatic heterocycles. The van der Waals surface area contributed by atoms with E-state index in [4.69, 9.17) is 10.5 Å². The second-order valence-electron chi connectivity index (χ2n) is 11.2. The number of hydrogen-bond donors (Lipinski definition) is 3. The van der Waals surface area contributed by atoms with E-state index < -0.39 is 40.9 Å². The first-order valence-corrected chi connectivity index (χ1v) is 12.4. The highest BCUT2D eigenvalue weighted by atomic mass is 16.5. The van der Waals surface area contributed by atoms with E-state index in [9.17, 15) is 24.6 Å². The third-order valence-corrected chi connectivity index (χ3v) is 9.59. The van der Waals surface area contributed by atoms with Gasteiger partial charge in [0.25, 0.3) is 0 Å². The van der Waals surface area contributed by atoms with Gasteiger partial charge in [-0.25, -0.2) is 4.79 Å². The quantitative estimate of drug-likeness (QED) is 0.447. The summed E-state index contributed by atoms with van der Waals surface area (Å²) in [5.41, 5.74) is 4.60. The molecule has 4 aliphatic rings. The number of Topliss-reactive ketones (excluding diaryl/α,β-unsaturated/α-hetero) is 1. The van der Waals surface area contributed by atoms with Crippen LogP contribution in [0, 0.1) is 28.6 Å². The molecule has 0 radical (unpaired) electrons. The Hall–Kier alpha value is -2.77. The molecule has 1 aromatic rings. The van der Waals surface area contributed by atoms with Crippen LogP contribution < -0.4 is 5.73 Å². The minimum absolute atomic E-state index is 0.0135. The molecule has 186 valence electrons. The molecule has 3 saturated carbocycles. The fourth-order valence-electron chi connectivity index (χ4n) is 7.74. The van der Waals surface area contributed by atoms with Crippen LogP contribution in [0.2, 0.25) is 0 Å². The summed E-state index contributed by atoms with van der Waals surface area (Å²) in [6, 6.07) is 6.22. The van der Waals surface area contributed by atoms with E-state index in [1.54, 1.807) is 24.3 Å². The number of ketones is 2. The van der Waals surface area contributed by atoms with Crippen molar-refractivity contribution in [3.63, 3.8) is 0 Å². The maximum atomic E-state index is 13.3. The van der Waals surface area contributed by atoms with Crippen LogP contribution in [0.5, 0.6) is 0 Å². The maximum absolute atomic E-state index is 13.3. The van der Waals surface area contributed by atoms with Gasteiger partial charge in [0, 0.05) is 22.4 Å². The number of carbonyl (C=O) groups is 3. The standard InChI is InChI=1S/C28H33NO6/c1-26-11-9-19(30)13-17(26)5-8-20-21-10-12-28(34,27(21,2)14-22(31)24(20)26)23(32)15-35-25(33)16-3-6-18(29)7-4-16/h3-4,6-7,9,11,13,20-22,24,31,34H,5,8,10,12,14-15,29H2,1-2H3/t20-,21-,22-,24+,26-,27-,28-/m0/s1. The number of nitrogens with two attached hydrogens (primary N) is 1. The van der Waals surface area contributed by atoms with E-state index >= 15 is 0 Å². The van der Waals surface area contributed by atoms with Crippen LogP contribution in [0.15, 0.2) is 48.1 Å². The molecule has 3 fully saturated rings. The molecule has 4 aliphatic carbocycles. The average molecular weight is 480 g/mol. The van der Waals surface area contributed by atoms with Gasteiger partial charge in [0.2, 0.25) is 5.78 Å². The number of esters is 1. The molecule has 5 rings (SSSR count). The number of anilines is 1. The van der Waals surface area contributed by atoms with Gasteiger partial charge in [-0.3, -0.25) is 9.59 Å². The van der Waals surface area contributed by atoms with Crippen molar-refractivity contribution >= 4 is 23.2 Å². The zero-order valence-electron chi connectivity index (χ0n) is 20.2. The SMILES string of the molecule is C[C@]12C=CC(=O)C=C1CC[C@@H]1[C@@H]2[C@@H](O)C[C@@]2(C)[C@H]1CC[C@]2(O)C(=O)COC(=O)c1ccc(N)cc1. The van der Waals surface area contributed by atoms with Crippen LogP contribution >= 0.6 is 0 Å². The molecule has 7 nitrogen and oxygen atoms in total. The third-order valence-electron chi connectivity index (χ3n) is 9.59. The van der Waals surface area contributed by atoms with Crippen molar-refractivity contribution in [3.8, 4) is 0 Å². The number of aliphatic hydroxyl groups excluding tert-OH is 1. The normalized spacial score (nSPS) is 39.8. The summed E-state index contributed by atoms with van der Waals surface area (Å²) < 4.78 is 5.26. The fourth-order valence-corrected chi connectivity index (χ4v) is 7.74. The van der Waals surface area contributed by atoms with Crippen LogP contribution in [0.1, 0.15) is 56.3 Å². The van der Waals surface area contributed by atoms with Crippen LogP contribution in [0.3, 0.4) is 0 Å². The molecule has 4 N–H and O–H groups in total. The van der Waals surface area contributed by atoms with Crippen molar-refractivity contribution in [3.05, 3.63) is 53.6 Å². The lowest BCUT2D eigenvalue weighted by atomic mass is 9.46. The van der Waals surface area contributed by atoms with E-state index in [1.165, 1.54) is 12.1 Å². The van der Waals surface area contributed by atoms with Gasteiger partial charge in [-0.1, -0.05) is 25.5 Å². The van der Waals surface area contributed by atoms with Gasteiger partial charge in [0.05, 0.1) is 11.7 Å². The number of benzene rings is 1. The van der Waals surface area contributed by atoms with E-state index in [1.807, 2.05) is 13.0 Å². The molecule has 35 heavy (non-hydrogen) atoms. The number of carbonyl (C=O) groups excluding carboxylic acids is 3. The van der Waals surface area contributed by atoms with Crippen molar-refractivity contribution in [1.29, 1.82) is 0 Å². The number of rotatable bonds is 4. The molecule has 7 atom stereocenters. The summed E-state index contributed by atoms with van der Waals surface area (Å²) in [5.74, 6) is -1.11. The second kappa shape index (κ2) is 8.14. The number of hydrogen-bond acceptors (Lipinski definition) is 7. The Bertz CT molecular complexity index is 1140. The first-order chi connectivity index (χ1) is 16.5. The minimum Gasteiger partial charge on any atom is -0.454 e. The van der Waals surface area contributed by atoms with Crippen molar-refractivity contribution < 1.29 is 29.3 Å². The smallest absolute Gasteiger partial charge is 0.338 e. The molecule has 0 bridgehead atoms. The maximum Gasteiger partial charge on any atom is 0.338 e. The number of nitrogen functional groups attached to an aromatic ring is 1. The molecule has 0 heterocycles. The summed E-state index contributed by atoms with van der Waals surface area (Å²) in [5, 5.41) is 23.2. The van der Waals surface area contributed by atoms with E-state index in [-0.39, 0.29) is 41.9 Å². The number of allylic oxidation sites excluding steroid dienone is 4. The Morgan fingerprint density at radius 3 is 2.60 bits per heavy atom. The second-order valence-corrected chi connectivity index (χ2v) is 11.2. The molecule has 7 heteroatoms. The van der Waals surface area contributed by atoms with Crippen molar-refractivity contribution in [2.45, 2.75) is 57.7 Å². The highest BCUT2D eigenvalue weighted by Crippen LogP contribution is 2.67. The predicted octanol–water partition coefficient (Wildman–Crippen LogP) is 3.00. The van der Waals surface area contributed by atoms with Gasteiger partial charge in [0.15, 0.2) is 12.4 Å². The molecular formula is C28H33NO6. The van der Waals surface area contributed by atoms with Crippen molar-refractivity contribution in [2.24, 2.45) is 28.6 Å². The van der Waals surface area contributed by atoms with E-state index in [2.05, 4.69) is 6.92 Å². The zero-order chi connectivity index (χ0) is 25.2. The number of ether oxygens (including phenoxy) is 1. The van der Waals surface area contributed by atoms with E-state index in [0.29, 0.717) is 12.1 Å². The number of aliphatic hydroxyl groups is 2. The molecule has 0 spiro atoms.